The van der Waals surface area contributed by atoms with E-state index in [4.69, 9.17) is 10.5 Å². The molecule has 0 radical (unpaired) electrons. The molecule has 1 fully saturated rings. The molecule has 3 rings (SSSR count). The first-order valence-corrected chi connectivity index (χ1v) is 7.32. The lowest BCUT2D eigenvalue weighted by molar-refractivity contribution is -0.124. The maximum absolute atomic E-state index is 14.5. The van der Waals surface area contributed by atoms with Gasteiger partial charge in [-0.3, -0.25) is 14.5 Å². The molecule has 0 spiro atoms. The van der Waals surface area contributed by atoms with E-state index in [-0.39, 0.29) is 36.4 Å². The lowest BCUT2D eigenvalue weighted by atomic mass is 10.1. The van der Waals surface area contributed by atoms with Crippen molar-refractivity contribution in [2.45, 2.75) is 25.9 Å². The predicted octanol–water partition coefficient (Wildman–Crippen LogP) is 1.10. The fourth-order valence-electron chi connectivity index (χ4n) is 2.90. The van der Waals surface area contributed by atoms with E-state index >= 15 is 0 Å². The average Bonchev–Trinajstić information content (AvgIpc) is 3.01. The molecule has 1 aromatic rings. The van der Waals surface area contributed by atoms with Crippen LogP contribution in [0.1, 0.15) is 18.9 Å². The predicted molar refractivity (Wildman–Crippen MR) is 84.6 cm³/mol. The number of hydrogen-bond acceptors (Lipinski definition) is 5. The number of fused-ring (bicyclic) bond motifs is 1. The van der Waals surface area contributed by atoms with Crippen LogP contribution in [0.2, 0.25) is 0 Å². The summed E-state index contributed by atoms with van der Waals surface area (Å²) in [5.41, 5.74) is 6.16. The molecule has 8 nitrogen and oxygen atoms in total. The summed E-state index contributed by atoms with van der Waals surface area (Å²) >= 11 is 0. The second-order valence-electron chi connectivity index (χ2n) is 5.54. The summed E-state index contributed by atoms with van der Waals surface area (Å²) in [6.45, 7) is 2.28. The van der Waals surface area contributed by atoms with Crippen molar-refractivity contribution in [2.24, 2.45) is 5.73 Å². The molecule has 130 valence electrons. The van der Waals surface area contributed by atoms with Crippen molar-refractivity contribution in [3.8, 4) is 0 Å². The monoisotopic (exact) mass is 338 g/mol. The quantitative estimate of drug-likeness (QED) is 0.849. The smallest absolute Gasteiger partial charge is 0.415 e. The largest absolute Gasteiger partial charge is 0.434 e. The molecule has 0 unspecified atom stereocenters. The lowest BCUT2D eigenvalue weighted by Crippen LogP contribution is -2.32. The molecule has 1 saturated heterocycles. The first-order valence-electron chi connectivity index (χ1n) is 7.32. The normalized spacial score (nSPS) is 19.2. The lowest BCUT2D eigenvalue weighted by Gasteiger charge is -2.19. The van der Waals surface area contributed by atoms with E-state index in [1.807, 2.05) is 6.92 Å². The number of anilines is 2. The number of benzene rings is 1. The molecule has 0 aliphatic carbocycles. The van der Waals surface area contributed by atoms with Crippen molar-refractivity contribution in [1.29, 1.82) is 0 Å². The second-order valence-corrected chi connectivity index (χ2v) is 5.54. The van der Waals surface area contributed by atoms with Crippen LogP contribution in [0.5, 0.6) is 0 Å². The Hall–Kier alpha value is -2.68. The van der Waals surface area contributed by atoms with Crippen LogP contribution in [0, 0.1) is 5.82 Å². The maximum Gasteiger partial charge on any atom is 0.415 e. The van der Waals surface area contributed by atoms with Gasteiger partial charge in [-0.2, -0.15) is 0 Å². The van der Waals surface area contributed by atoms with Gasteiger partial charge >= 0.3 is 6.09 Å². The molecular weight excluding hydrogens is 319 g/mol. The van der Waals surface area contributed by atoms with Gasteiger partial charge in [0.15, 0.2) is 6.10 Å². The highest BCUT2D eigenvalue weighted by molar-refractivity contribution is 6.03. The van der Waals surface area contributed by atoms with Crippen LogP contribution in [0.4, 0.5) is 20.6 Å². The summed E-state index contributed by atoms with van der Waals surface area (Å²) in [6, 6.07) is 2.75. The number of hydrogen-bond donors (Lipinski definition) is 2. The van der Waals surface area contributed by atoms with Gasteiger partial charge in [0, 0.05) is 6.54 Å². The minimum absolute atomic E-state index is 0. The van der Waals surface area contributed by atoms with Crippen molar-refractivity contribution in [3.63, 3.8) is 0 Å². The third-order valence-electron chi connectivity index (χ3n) is 3.93. The average molecular weight is 338 g/mol. The number of amides is 3. The van der Waals surface area contributed by atoms with Crippen LogP contribution in [0.3, 0.4) is 0 Å². The van der Waals surface area contributed by atoms with Crippen LogP contribution < -0.4 is 21.7 Å². The SMILES string of the molecule is CCCN1C(=O)Cc2cc(N3C[C@H](C(N)=O)OC3=O)cc(F)c21.N. The summed E-state index contributed by atoms with van der Waals surface area (Å²) in [4.78, 5) is 37.5. The highest BCUT2D eigenvalue weighted by Gasteiger charge is 2.38. The highest BCUT2D eigenvalue weighted by atomic mass is 19.1. The molecule has 24 heavy (non-hydrogen) atoms. The molecule has 1 aromatic carbocycles. The van der Waals surface area contributed by atoms with Gasteiger partial charge in [0.05, 0.1) is 24.3 Å². The number of primary amides is 1. The van der Waals surface area contributed by atoms with E-state index in [0.717, 1.165) is 4.90 Å². The molecule has 1 atom stereocenters. The molecule has 0 saturated carbocycles. The third kappa shape index (κ3) is 2.78. The minimum atomic E-state index is -1.06. The standard InChI is InChI=1S/C15H16FN3O4.H3N/c1-2-3-18-12(20)5-8-4-9(6-10(16)13(8)18)19-7-11(14(17)21)23-15(19)22;/h4,6,11H,2-3,5,7H2,1H3,(H2,17,21);1H3/t11-;/m1./s1. The molecule has 5 N–H and O–H groups in total. The van der Waals surface area contributed by atoms with Crippen LogP contribution in [-0.2, 0) is 20.7 Å². The van der Waals surface area contributed by atoms with Crippen molar-refractivity contribution in [3.05, 3.63) is 23.5 Å². The third-order valence-corrected chi connectivity index (χ3v) is 3.93. The van der Waals surface area contributed by atoms with Crippen molar-refractivity contribution < 1.29 is 23.5 Å². The maximum atomic E-state index is 14.5. The molecular formula is C15H19FN4O4. The Morgan fingerprint density at radius 1 is 1.42 bits per heavy atom. The Balaban J connectivity index is 0.00000208. The minimum Gasteiger partial charge on any atom is -0.434 e. The first kappa shape index (κ1) is 17.7. The number of ether oxygens (including phenoxy) is 1. The van der Waals surface area contributed by atoms with Crippen molar-refractivity contribution >= 4 is 29.3 Å². The van der Waals surface area contributed by atoms with Gasteiger partial charge in [0.1, 0.15) is 5.82 Å². The Morgan fingerprint density at radius 2 is 2.12 bits per heavy atom. The summed E-state index contributed by atoms with van der Waals surface area (Å²) in [5, 5.41) is 0. The number of nitrogens with two attached hydrogens (primary N) is 1. The Bertz CT molecular complexity index is 709. The Labute approximate surface area is 137 Å². The first-order chi connectivity index (χ1) is 10.9. The zero-order valence-corrected chi connectivity index (χ0v) is 13.3. The van der Waals surface area contributed by atoms with Crippen molar-refractivity contribution in [1.82, 2.24) is 6.15 Å². The summed E-state index contributed by atoms with van der Waals surface area (Å²) in [7, 11) is 0. The van der Waals surface area contributed by atoms with E-state index in [1.165, 1.54) is 11.0 Å². The molecule has 2 aliphatic rings. The van der Waals surface area contributed by atoms with Crippen molar-refractivity contribution in [2.75, 3.05) is 22.9 Å². The van der Waals surface area contributed by atoms with Gasteiger partial charge in [0.25, 0.3) is 5.91 Å². The van der Waals surface area contributed by atoms with E-state index in [0.29, 0.717) is 18.5 Å². The fraction of sp³-hybridized carbons (Fsp3) is 0.400. The van der Waals surface area contributed by atoms with Crippen LogP contribution in [0.15, 0.2) is 12.1 Å². The summed E-state index contributed by atoms with van der Waals surface area (Å²) in [6.07, 6.45) is -1.02. The number of halogens is 1. The van der Waals surface area contributed by atoms with Gasteiger partial charge < -0.3 is 21.5 Å². The van der Waals surface area contributed by atoms with Gasteiger partial charge in [0.2, 0.25) is 5.91 Å². The number of cyclic esters (lactones) is 1. The number of carbonyl (C=O) groups is 3. The summed E-state index contributed by atoms with van der Waals surface area (Å²) < 4.78 is 19.3. The van der Waals surface area contributed by atoms with Gasteiger partial charge in [-0.05, 0) is 24.1 Å². The molecule has 2 heterocycles. The zero-order chi connectivity index (χ0) is 16.7. The number of rotatable bonds is 4. The number of carbonyl (C=O) groups excluding carboxylic acids is 3. The van der Waals surface area contributed by atoms with E-state index in [1.54, 1.807) is 6.07 Å². The molecule has 3 amide bonds. The molecule has 2 aliphatic heterocycles. The van der Waals surface area contributed by atoms with Gasteiger partial charge in [-0.15, -0.1) is 0 Å². The molecule has 0 bridgehead atoms. The van der Waals surface area contributed by atoms with Crippen LogP contribution in [-0.4, -0.2) is 37.1 Å². The van der Waals surface area contributed by atoms with Gasteiger partial charge in [-0.25, -0.2) is 9.18 Å². The highest BCUT2D eigenvalue weighted by Crippen LogP contribution is 2.36. The van der Waals surface area contributed by atoms with Crippen LogP contribution >= 0.6 is 0 Å². The number of nitrogens with zero attached hydrogens (tertiary/aromatic N) is 2. The van der Waals surface area contributed by atoms with Crippen LogP contribution in [0.25, 0.3) is 0 Å². The molecule has 9 heteroatoms. The molecule has 0 aromatic heterocycles. The van der Waals surface area contributed by atoms with E-state index < -0.39 is 23.9 Å². The van der Waals surface area contributed by atoms with Gasteiger partial charge in [-0.1, -0.05) is 6.92 Å². The fourth-order valence-corrected chi connectivity index (χ4v) is 2.90. The Kier molecular flexibility index (Phi) is 4.74. The second kappa shape index (κ2) is 6.44. The zero-order valence-electron chi connectivity index (χ0n) is 13.3. The Morgan fingerprint density at radius 3 is 2.71 bits per heavy atom. The summed E-state index contributed by atoms with van der Waals surface area (Å²) in [5.74, 6) is -1.50. The van der Waals surface area contributed by atoms with E-state index in [9.17, 15) is 18.8 Å². The topological polar surface area (TPSA) is 128 Å². The van der Waals surface area contributed by atoms with E-state index in [2.05, 4.69) is 0 Å².